The number of nitrogens with zero attached hydrogens (tertiary/aromatic N) is 2. The first-order valence-electron chi connectivity index (χ1n) is 6.36. The maximum absolute atomic E-state index is 12.5. The monoisotopic (exact) mass is 289 g/mol. The number of fused-ring (bicyclic) bond motifs is 1. The predicted molar refractivity (Wildman–Crippen MR) is 76.4 cm³/mol. The van der Waals surface area contributed by atoms with E-state index in [2.05, 4.69) is 4.98 Å². The Morgan fingerprint density at radius 1 is 1.10 bits per heavy atom. The lowest BCUT2D eigenvalue weighted by atomic mass is 10.0. The highest BCUT2D eigenvalue weighted by atomic mass is 32.2. The van der Waals surface area contributed by atoms with E-state index in [-0.39, 0.29) is 5.03 Å². The third-order valence-electron chi connectivity index (χ3n) is 3.46. The Hall–Kier alpha value is -1.92. The maximum atomic E-state index is 12.5. The number of aromatic nitrogens is 1. The smallest absolute Gasteiger partial charge is 0.260 e. The standard InChI is InChI=1S/C14H15N3O2S/c15-13-5-6-14(16-9-13)20(18,19)17-8-7-11-3-1-2-4-12(11)10-17/h1-6,9H,7-8,10,15H2. The number of nitrogen functional groups attached to an aromatic ring is 1. The van der Waals surface area contributed by atoms with Crippen LogP contribution in [0.3, 0.4) is 0 Å². The normalized spacial score (nSPS) is 15.8. The molecule has 0 saturated carbocycles. The quantitative estimate of drug-likeness (QED) is 0.907. The highest BCUT2D eigenvalue weighted by molar-refractivity contribution is 7.89. The summed E-state index contributed by atoms with van der Waals surface area (Å²) < 4.78 is 26.5. The maximum Gasteiger partial charge on any atom is 0.260 e. The molecule has 20 heavy (non-hydrogen) atoms. The topological polar surface area (TPSA) is 76.3 Å². The molecule has 0 aliphatic carbocycles. The van der Waals surface area contributed by atoms with Gasteiger partial charge in [-0.15, -0.1) is 0 Å². The molecule has 2 heterocycles. The molecule has 3 rings (SSSR count). The minimum absolute atomic E-state index is 0.0473. The van der Waals surface area contributed by atoms with Crippen molar-refractivity contribution in [1.82, 2.24) is 9.29 Å². The van der Waals surface area contributed by atoms with E-state index in [4.69, 9.17) is 5.73 Å². The minimum Gasteiger partial charge on any atom is -0.397 e. The number of anilines is 1. The fourth-order valence-corrected chi connectivity index (χ4v) is 3.68. The lowest BCUT2D eigenvalue weighted by Gasteiger charge is -2.27. The van der Waals surface area contributed by atoms with Crippen molar-refractivity contribution in [2.75, 3.05) is 12.3 Å². The molecular weight excluding hydrogens is 274 g/mol. The minimum atomic E-state index is -3.55. The SMILES string of the molecule is Nc1ccc(S(=O)(=O)N2CCc3ccccc3C2)nc1. The molecule has 0 spiro atoms. The number of hydrogen-bond acceptors (Lipinski definition) is 4. The van der Waals surface area contributed by atoms with E-state index >= 15 is 0 Å². The summed E-state index contributed by atoms with van der Waals surface area (Å²) in [4.78, 5) is 3.93. The van der Waals surface area contributed by atoms with Gasteiger partial charge in [0.2, 0.25) is 0 Å². The zero-order chi connectivity index (χ0) is 14.2. The van der Waals surface area contributed by atoms with Crippen LogP contribution in [-0.2, 0) is 23.0 Å². The first kappa shape index (κ1) is 13.1. The molecule has 2 N–H and O–H groups in total. The summed E-state index contributed by atoms with van der Waals surface area (Å²) in [6.45, 7) is 0.871. The van der Waals surface area contributed by atoms with E-state index in [1.54, 1.807) is 6.07 Å². The van der Waals surface area contributed by atoms with Crippen molar-refractivity contribution in [3.63, 3.8) is 0 Å². The lowest BCUT2D eigenvalue weighted by Crippen LogP contribution is -2.36. The van der Waals surface area contributed by atoms with E-state index in [9.17, 15) is 8.42 Å². The Bertz CT molecular complexity index is 726. The molecule has 0 saturated heterocycles. The van der Waals surface area contributed by atoms with Crippen molar-refractivity contribution in [1.29, 1.82) is 0 Å². The van der Waals surface area contributed by atoms with Gasteiger partial charge in [0.1, 0.15) is 0 Å². The summed E-state index contributed by atoms with van der Waals surface area (Å²) in [7, 11) is -3.55. The summed E-state index contributed by atoms with van der Waals surface area (Å²) >= 11 is 0. The number of benzene rings is 1. The Morgan fingerprint density at radius 2 is 1.85 bits per heavy atom. The second-order valence-corrected chi connectivity index (χ2v) is 6.67. The van der Waals surface area contributed by atoms with E-state index in [1.807, 2.05) is 24.3 Å². The van der Waals surface area contributed by atoms with Gasteiger partial charge in [-0.25, -0.2) is 13.4 Å². The third-order valence-corrected chi connectivity index (χ3v) is 5.22. The molecule has 1 aliphatic rings. The van der Waals surface area contributed by atoms with Crippen LogP contribution >= 0.6 is 0 Å². The fraction of sp³-hybridized carbons (Fsp3) is 0.214. The van der Waals surface area contributed by atoms with Crippen LogP contribution in [0.2, 0.25) is 0 Å². The van der Waals surface area contributed by atoms with Crippen LogP contribution in [0.25, 0.3) is 0 Å². The van der Waals surface area contributed by atoms with Gasteiger partial charge >= 0.3 is 0 Å². The summed E-state index contributed by atoms with van der Waals surface area (Å²) in [6, 6.07) is 10.9. The summed E-state index contributed by atoms with van der Waals surface area (Å²) in [5, 5.41) is 0.0473. The highest BCUT2D eigenvalue weighted by Crippen LogP contribution is 2.24. The molecule has 5 nitrogen and oxygen atoms in total. The van der Waals surface area contributed by atoms with Crippen LogP contribution in [0.15, 0.2) is 47.6 Å². The van der Waals surface area contributed by atoms with Gasteiger partial charge in [-0.3, -0.25) is 0 Å². The Morgan fingerprint density at radius 3 is 2.55 bits per heavy atom. The molecule has 6 heteroatoms. The molecule has 1 aromatic carbocycles. The van der Waals surface area contributed by atoms with Crippen molar-refractivity contribution in [3.8, 4) is 0 Å². The molecule has 0 radical (unpaired) electrons. The van der Waals surface area contributed by atoms with Gasteiger partial charge in [-0.05, 0) is 29.7 Å². The Balaban J connectivity index is 1.92. The molecule has 1 aromatic heterocycles. The molecule has 0 atom stereocenters. The van der Waals surface area contributed by atoms with Gasteiger partial charge in [0.25, 0.3) is 10.0 Å². The molecule has 2 aromatic rings. The predicted octanol–water partition coefficient (Wildman–Crippen LogP) is 1.41. The second-order valence-electron chi connectivity index (χ2n) is 4.79. The molecule has 0 unspecified atom stereocenters. The van der Waals surface area contributed by atoms with Gasteiger partial charge in [0.15, 0.2) is 5.03 Å². The van der Waals surface area contributed by atoms with Crippen molar-refractivity contribution in [3.05, 3.63) is 53.7 Å². The molecule has 0 bridgehead atoms. The Labute approximate surface area is 118 Å². The van der Waals surface area contributed by atoms with Crippen molar-refractivity contribution < 1.29 is 8.42 Å². The van der Waals surface area contributed by atoms with Gasteiger partial charge in [-0.2, -0.15) is 4.31 Å². The van der Waals surface area contributed by atoms with E-state index in [0.717, 1.165) is 12.0 Å². The van der Waals surface area contributed by atoms with Crippen molar-refractivity contribution >= 4 is 15.7 Å². The van der Waals surface area contributed by atoms with Gasteiger partial charge < -0.3 is 5.73 Å². The zero-order valence-corrected chi connectivity index (χ0v) is 11.7. The highest BCUT2D eigenvalue weighted by Gasteiger charge is 2.28. The van der Waals surface area contributed by atoms with Crippen LogP contribution in [0.5, 0.6) is 0 Å². The van der Waals surface area contributed by atoms with E-state index < -0.39 is 10.0 Å². The molecular formula is C14H15N3O2S. The molecule has 0 fully saturated rings. The zero-order valence-electron chi connectivity index (χ0n) is 10.9. The van der Waals surface area contributed by atoms with Gasteiger partial charge in [-0.1, -0.05) is 24.3 Å². The summed E-state index contributed by atoms with van der Waals surface area (Å²) in [5.41, 5.74) is 8.26. The number of nitrogens with two attached hydrogens (primary N) is 1. The van der Waals surface area contributed by atoms with Crippen molar-refractivity contribution in [2.24, 2.45) is 0 Å². The van der Waals surface area contributed by atoms with Gasteiger partial charge in [0, 0.05) is 13.1 Å². The first-order valence-corrected chi connectivity index (χ1v) is 7.80. The average molecular weight is 289 g/mol. The molecule has 0 amide bonds. The first-order chi connectivity index (χ1) is 9.57. The Kier molecular flexibility index (Phi) is 3.19. The van der Waals surface area contributed by atoms with Crippen LogP contribution in [0, 0.1) is 0 Å². The molecule has 1 aliphatic heterocycles. The second kappa shape index (κ2) is 4.88. The molecule has 104 valence electrons. The number of pyridine rings is 1. The van der Waals surface area contributed by atoms with E-state index in [0.29, 0.717) is 18.8 Å². The van der Waals surface area contributed by atoms with Crippen LogP contribution in [0.1, 0.15) is 11.1 Å². The van der Waals surface area contributed by atoms with Gasteiger partial charge in [0.05, 0.1) is 11.9 Å². The largest absolute Gasteiger partial charge is 0.397 e. The average Bonchev–Trinajstić information content (AvgIpc) is 2.47. The fourth-order valence-electron chi connectivity index (χ4n) is 2.35. The van der Waals surface area contributed by atoms with Crippen LogP contribution in [-0.4, -0.2) is 24.3 Å². The third kappa shape index (κ3) is 2.28. The van der Waals surface area contributed by atoms with Crippen LogP contribution in [0.4, 0.5) is 5.69 Å². The summed E-state index contributed by atoms with van der Waals surface area (Å²) in [5.74, 6) is 0. The number of rotatable bonds is 2. The number of sulfonamides is 1. The summed E-state index contributed by atoms with van der Waals surface area (Å²) in [6.07, 6.45) is 2.09. The van der Waals surface area contributed by atoms with Crippen molar-refractivity contribution in [2.45, 2.75) is 18.0 Å². The lowest BCUT2D eigenvalue weighted by molar-refractivity contribution is 0.389. The van der Waals surface area contributed by atoms with E-state index in [1.165, 1.54) is 22.1 Å². The van der Waals surface area contributed by atoms with Crippen LogP contribution < -0.4 is 5.73 Å². The number of hydrogen-bond donors (Lipinski definition) is 1.